The molecule has 1 saturated heterocycles. The van der Waals surface area contributed by atoms with E-state index >= 15 is 0 Å². The van der Waals surface area contributed by atoms with E-state index < -0.39 is 11.6 Å². The molecule has 1 fully saturated rings. The van der Waals surface area contributed by atoms with Gasteiger partial charge in [-0.1, -0.05) is 13.3 Å². The lowest BCUT2D eigenvalue weighted by Crippen LogP contribution is -2.44. The van der Waals surface area contributed by atoms with Gasteiger partial charge in [-0.25, -0.2) is 8.78 Å². The number of carbonyl (C=O) groups is 1. The highest BCUT2D eigenvalue weighted by molar-refractivity contribution is 5.99. The number of likely N-dealkylation sites (tertiary alicyclic amines) is 1. The summed E-state index contributed by atoms with van der Waals surface area (Å²) in [6, 6.07) is 3.08. The fourth-order valence-electron chi connectivity index (χ4n) is 2.80. The number of halogens is 2. The van der Waals surface area contributed by atoms with Gasteiger partial charge in [-0.2, -0.15) is 0 Å². The number of carbonyl (C=O) groups excluding carboxylic acids is 1. The number of benzene rings is 1. The quantitative estimate of drug-likeness (QED) is 0.785. The van der Waals surface area contributed by atoms with E-state index in [0.717, 1.165) is 44.0 Å². The summed E-state index contributed by atoms with van der Waals surface area (Å²) in [5.74, 6) is -1.28. The number of piperidine rings is 1. The predicted octanol–water partition coefficient (Wildman–Crippen LogP) is 3.66. The van der Waals surface area contributed by atoms with E-state index in [1.165, 1.54) is 12.5 Å². The molecule has 20 heavy (non-hydrogen) atoms. The summed E-state index contributed by atoms with van der Waals surface area (Å²) in [4.78, 5) is 14.5. The lowest BCUT2D eigenvalue weighted by atomic mass is 9.92. The summed E-state index contributed by atoms with van der Waals surface area (Å²) in [5, 5.41) is 0. The molecule has 0 aliphatic carbocycles. The molecule has 1 atom stereocenters. The second kappa shape index (κ2) is 6.44. The Balaban J connectivity index is 2.03. The maximum Gasteiger partial charge on any atom is 0.179 e. The van der Waals surface area contributed by atoms with E-state index in [4.69, 9.17) is 0 Å². The van der Waals surface area contributed by atoms with Crippen LogP contribution in [0.3, 0.4) is 0 Å². The van der Waals surface area contributed by atoms with Crippen molar-refractivity contribution >= 4 is 5.78 Å². The molecule has 0 amide bonds. The monoisotopic (exact) mass is 281 g/mol. The molecular formula is C16H21F2NO. The fourth-order valence-corrected chi connectivity index (χ4v) is 2.80. The molecule has 0 radical (unpaired) electrons. The van der Waals surface area contributed by atoms with Crippen molar-refractivity contribution < 1.29 is 13.6 Å². The maximum absolute atomic E-state index is 13.2. The first-order valence-electron chi connectivity index (χ1n) is 7.26. The molecule has 0 bridgehead atoms. The van der Waals surface area contributed by atoms with Gasteiger partial charge >= 0.3 is 0 Å². The van der Waals surface area contributed by atoms with Gasteiger partial charge in [-0.3, -0.25) is 9.69 Å². The molecule has 0 N–H and O–H groups in total. The smallest absolute Gasteiger partial charge is 0.179 e. The lowest BCUT2D eigenvalue weighted by Gasteiger charge is -2.35. The van der Waals surface area contributed by atoms with Crippen LogP contribution in [-0.4, -0.2) is 29.8 Å². The molecule has 2 nitrogen and oxygen atoms in total. The normalized spacial score (nSPS) is 19.0. The predicted molar refractivity (Wildman–Crippen MR) is 74.7 cm³/mol. The first-order valence-corrected chi connectivity index (χ1v) is 7.26. The van der Waals surface area contributed by atoms with Crippen LogP contribution < -0.4 is 0 Å². The summed E-state index contributed by atoms with van der Waals surface area (Å²) in [6.45, 7) is 5.83. The third-order valence-corrected chi connectivity index (χ3v) is 4.36. The van der Waals surface area contributed by atoms with Gasteiger partial charge in [0.05, 0.1) is 6.04 Å². The second-order valence-corrected chi connectivity index (χ2v) is 5.56. The van der Waals surface area contributed by atoms with Crippen molar-refractivity contribution in [1.82, 2.24) is 4.90 Å². The van der Waals surface area contributed by atoms with Crippen LogP contribution in [0.1, 0.15) is 43.5 Å². The van der Waals surface area contributed by atoms with E-state index in [-0.39, 0.29) is 17.4 Å². The number of hydrogen-bond donors (Lipinski definition) is 0. The third-order valence-electron chi connectivity index (χ3n) is 4.36. The Hall–Kier alpha value is -1.29. The van der Waals surface area contributed by atoms with E-state index in [9.17, 15) is 13.6 Å². The Bertz CT molecular complexity index is 481. The Labute approximate surface area is 118 Å². The number of rotatable bonds is 4. The van der Waals surface area contributed by atoms with Gasteiger partial charge in [0.15, 0.2) is 17.4 Å². The summed E-state index contributed by atoms with van der Waals surface area (Å²) >= 11 is 0. The van der Waals surface area contributed by atoms with Crippen molar-refractivity contribution in [3.63, 3.8) is 0 Å². The highest BCUT2D eigenvalue weighted by Crippen LogP contribution is 2.23. The molecule has 1 aliphatic rings. The third kappa shape index (κ3) is 3.23. The average Bonchev–Trinajstić information content (AvgIpc) is 2.48. The molecule has 110 valence electrons. The highest BCUT2D eigenvalue weighted by Gasteiger charge is 2.26. The first kappa shape index (κ1) is 15.1. The molecule has 4 heteroatoms. The van der Waals surface area contributed by atoms with Gasteiger partial charge in [0.1, 0.15) is 0 Å². The van der Waals surface area contributed by atoms with E-state index in [1.807, 2.05) is 6.92 Å². The summed E-state index contributed by atoms with van der Waals surface area (Å²) in [7, 11) is 0. The topological polar surface area (TPSA) is 20.3 Å². The van der Waals surface area contributed by atoms with Crippen LogP contribution in [0.2, 0.25) is 0 Å². The molecule has 1 unspecified atom stereocenters. The lowest BCUT2D eigenvalue weighted by molar-refractivity contribution is 0.0769. The van der Waals surface area contributed by atoms with Crippen LogP contribution in [0.25, 0.3) is 0 Å². The van der Waals surface area contributed by atoms with Crippen molar-refractivity contribution in [3.8, 4) is 0 Å². The fraction of sp³-hybridized carbons (Fsp3) is 0.562. The molecular weight excluding hydrogens is 260 g/mol. The number of hydrogen-bond acceptors (Lipinski definition) is 2. The van der Waals surface area contributed by atoms with Crippen molar-refractivity contribution in [2.75, 3.05) is 13.1 Å². The van der Waals surface area contributed by atoms with Gasteiger partial charge in [-0.15, -0.1) is 0 Å². The van der Waals surface area contributed by atoms with Gasteiger partial charge in [-0.05, 0) is 57.0 Å². The minimum absolute atomic E-state index is 0.140. The number of Topliss-reactive ketones (excluding diaryl/α,β-unsaturated/α-hetero) is 1. The van der Waals surface area contributed by atoms with E-state index in [1.54, 1.807) is 0 Å². The molecule has 1 aromatic carbocycles. The minimum atomic E-state index is -0.965. The SMILES string of the molecule is CCC1CCN(C(C)C(=O)c2ccc(F)c(F)c2)CC1. The van der Waals surface area contributed by atoms with Crippen molar-refractivity contribution in [1.29, 1.82) is 0 Å². The number of ketones is 1. The van der Waals surface area contributed by atoms with Crippen LogP contribution in [0, 0.1) is 17.6 Å². The molecule has 1 heterocycles. The Morgan fingerprint density at radius 1 is 1.30 bits per heavy atom. The Kier molecular flexibility index (Phi) is 4.86. The number of nitrogens with zero attached hydrogens (tertiary/aromatic N) is 1. The molecule has 0 spiro atoms. The van der Waals surface area contributed by atoms with Crippen molar-refractivity contribution in [2.24, 2.45) is 5.92 Å². The van der Waals surface area contributed by atoms with Crippen molar-refractivity contribution in [2.45, 2.75) is 39.2 Å². The summed E-state index contributed by atoms with van der Waals surface area (Å²) in [6.07, 6.45) is 3.39. The van der Waals surface area contributed by atoms with Gasteiger partial charge < -0.3 is 0 Å². The molecule has 0 saturated carbocycles. The summed E-state index contributed by atoms with van der Waals surface area (Å²) in [5.41, 5.74) is 0.244. The van der Waals surface area contributed by atoms with Crippen LogP contribution in [0.15, 0.2) is 18.2 Å². The Morgan fingerprint density at radius 2 is 1.95 bits per heavy atom. The second-order valence-electron chi connectivity index (χ2n) is 5.56. The largest absolute Gasteiger partial charge is 0.293 e. The average molecular weight is 281 g/mol. The van der Waals surface area contributed by atoms with Gasteiger partial charge in [0.2, 0.25) is 0 Å². The van der Waals surface area contributed by atoms with Crippen LogP contribution in [0.5, 0.6) is 0 Å². The molecule has 2 rings (SSSR count). The van der Waals surface area contributed by atoms with Gasteiger partial charge in [0, 0.05) is 5.56 Å². The van der Waals surface area contributed by atoms with Gasteiger partial charge in [0.25, 0.3) is 0 Å². The first-order chi connectivity index (χ1) is 9.52. The zero-order chi connectivity index (χ0) is 14.7. The molecule has 1 aliphatic heterocycles. The standard InChI is InChI=1S/C16H21F2NO/c1-3-12-6-8-19(9-7-12)11(2)16(20)13-4-5-14(17)15(18)10-13/h4-5,10-12H,3,6-9H2,1-2H3. The molecule has 1 aromatic rings. The zero-order valence-corrected chi connectivity index (χ0v) is 12.0. The zero-order valence-electron chi connectivity index (χ0n) is 12.0. The minimum Gasteiger partial charge on any atom is -0.293 e. The van der Waals surface area contributed by atoms with E-state index in [0.29, 0.717) is 0 Å². The van der Waals surface area contributed by atoms with Crippen LogP contribution in [0.4, 0.5) is 8.78 Å². The Morgan fingerprint density at radius 3 is 2.50 bits per heavy atom. The summed E-state index contributed by atoms with van der Waals surface area (Å²) < 4.78 is 26.1. The van der Waals surface area contributed by atoms with Crippen LogP contribution in [-0.2, 0) is 0 Å². The van der Waals surface area contributed by atoms with Crippen LogP contribution >= 0.6 is 0 Å². The van der Waals surface area contributed by atoms with E-state index in [2.05, 4.69) is 11.8 Å². The highest BCUT2D eigenvalue weighted by atomic mass is 19.2. The molecule has 0 aromatic heterocycles. The maximum atomic E-state index is 13.2. The van der Waals surface area contributed by atoms with Crippen molar-refractivity contribution in [3.05, 3.63) is 35.4 Å².